The zero-order valence-electron chi connectivity index (χ0n) is 14.7. The number of carbonyl (C=O) groups excluding carboxylic acids is 2. The highest BCUT2D eigenvalue weighted by molar-refractivity contribution is 5.84. The topological polar surface area (TPSA) is 107 Å². The average Bonchev–Trinajstić information content (AvgIpc) is 2.28. The maximum atomic E-state index is 12.3. The molecular formula is C16H31N3O3. The Morgan fingerprint density at radius 1 is 1.18 bits per heavy atom. The predicted molar refractivity (Wildman–Crippen MR) is 86.0 cm³/mol. The van der Waals surface area contributed by atoms with Gasteiger partial charge in [0.05, 0.1) is 0 Å². The summed E-state index contributed by atoms with van der Waals surface area (Å²) in [5, 5.41) is 2.95. The molecule has 1 aliphatic rings. The van der Waals surface area contributed by atoms with Crippen LogP contribution in [0, 0.1) is 5.92 Å². The van der Waals surface area contributed by atoms with E-state index in [-0.39, 0.29) is 17.4 Å². The number of amides is 1. The average molecular weight is 313 g/mol. The highest BCUT2D eigenvalue weighted by atomic mass is 16.6. The number of hydrogen-bond donors (Lipinski definition) is 3. The first-order valence-corrected chi connectivity index (χ1v) is 7.84. The summed E-state index contributed by atoms with van der Waals surface area (Å²) in [5.41, 5.74) is 10.2. The number of nitrogens with two attached hydrogens (primary N) is 2. The summed E-state index contributed by atoms with van der Waals surface area (Å²) in [6.07, 6.45) is 1.27. The van der Waals surface area contributed by atoms with E-state index < -0.39 is 23.2 Å². The number of rotatable bonds is 2. The molecule has 22 heavy (non-hydrogen) atoms. The minimum Gasteiger partial charge on any atom is -0.459 e. The van der Waals surface area contributed by atoms with Gasteiger partial charge in [-0.25, -0.2) is 4.79 Å². The lowest BCUT2D eigenvalue weighted by atomic mass is 9.73. The van der Waals surface area contributed by atoms with E-state index in [1.54, 1.807) is 20.8 Å². The third-order valence-electron chi connectivity index (χ3n) is 3.75. The fourth-order valence-electron chi connectivity index (χ4n) is 2.57. The molecule has 3 atom stereocenters. The normalized spacial score (nSPS) is 29.8. The van der Waals surface area contributed by atoms with Crippen molar-refractivity contribution in [1.29, 1.82) is 0 Å². The summed E-state index contributed by atoms with van der Waals surface area (Å²) >= 11 is 0. The molecule has 1 rings (SSSR count). The van der Waals surface area contributed by atoms with Crippen molar-refractivity contribution < 1.29 is 14.3 Å². The van der Waals surface area contributed by atoms with Crippen LogP contribution in [0.2, 0.25) is 0 Å². The molecule has 1 saturated carbocycles. The van der Waals surface area contributed by atoms with Crippen molar-refractivity contribution >= 4 is 11.9 Å². The van der Waals surface area contributed by atoms with Crippen LogP contribution in [0.1, 0.15) is 60.8 Å². The van der Waals surface area contributed by atoms with Crippen LogP contribution in [-0.4, -0.2) is 34.6 Å². The van der Waals surface area contributed by atoms with Gasteiger partial charge in [-0.3, -0.25) is 4.79 Å². The van der Waals surface area contributed by atoms with E-state index in [1.165, 1.54) is 0 Å². The molecule has 1 amide bonds. The fourth-order valence-corrected chi connectivity index (χ4v) is 2.57. The molecule has 5 N–H and O–H groups in total. The molecule has 128 valence electrons. The van der Waals surface area contributed by atoms with Gasteiger partial charge in [-0.05, 0) is 60.8 Å². The molecule has 0 aromatic carbocycles. The first-order valence-electron chi connectivity index (χ1n) is 7.84. The molecule has 0 spiro atoms. The molecule has 0 aromatic heterocycles. The molecule has 0 saturated heterocycles. The number of hydrogen-bond acceptors (Lipinski definition) is 5. The zero-order valence-corrected chi connectivity index (χ0v) is 14.7. The van der Waals surface area contributed by atoms with Crippen molar-refractivity contribution in [3.8, 4) is 0 Å². The largest absolute Gasteiger partial charge is 0.459 e. The Kier molecular flexibility index (Phi) is 5.30. The lowest BCUT2D eigenvalue weighted by Gasteiger charge is -2.41. The second-order valence-corrected chi connectivity index (χ2v) is 8.36. The van der Waals surface area contributed by atoms with E-state index in [0.717, 1.165) is 0 Å². The van der Waals surface area contributed by atoms with E-state index in [4.69, 9.17) is 16.2 Å². The molecule has 1 aliphatic carbocycles. The SMILES string of the molecule is CC(C)(C)NC(=O)C1CCC(N)(C(=O)OC(C)(C)C)C(N)C1. The van der Waals surface area contributed by atoms with Gasteiger partial charge >= 0.3 is 5.97 Å². The number of ether oxygens (including phenoxy) is 1. The summed E-state index contributed by atoms with van der Waals surface area (Å²) in [7, 11) is 0. The van der Waals surface area contributed by atoms with E-state index in [9.17, 15) is 9.59 Å². The van der Waals surface area contributed by atoms with E-state index in [2.05, 4.69) is 5.32 Å². The van der Waals surface area contributed by atoms with Gasteiger partial charge in [-0.2, -0.15) is 0 Å². The lowest BCUT2D eigenvalue weighted by molar-refractivity contribution is -0.164. The monoisotopic (exact) mass is 313 g/mol. The van der Waals surface area contributed by atoms with E-state index in [0.29, 0.717) is 19.3 Å². The second kappa shape index (κ2) is 6.16. The minimum absolute atomic E-state index is 0.0332. The van der Waals surface area contributed by atoms with Crippen LogP contribution in [0.4, 0.5) is 0 Å². The summed E-state index contributed by atoms with van der Waals surface area (Å²) in [5.74, 6) is -0.732. The third kappa shape index (κ3) is 4.95. The lowest BCUT2D eigenvalue weighted by Crippen LogP contribution is -2.65. The summed E-state index contributed by atoms with van der Waals surface area (Å²) in [4.78, 5) is 24.6. The van der Waals surface area contributed by atoms with E-state index >= 15 is 0 Å². The van der Waals surface area contributed by atoms with Crippen molar-refractivity contribution in [2.24, 2.45) is 17.4 Å². The van der Waals surface area contributed by atoms with E-state index in [1.807, 2.05) is 20.8 Å². The summed E-state index contributed by atoms with van der Waals surface area (Å²) in [6.45, 7) is 11.2. The molecule has 0 heterocycles. The Hall–Kier alpha value is -1.14. The van der Waals surface area contributed by atoms with Gasteiger partial charge < -0.3 is 21.5 Å². The van der Waals surface area contributed by atoms with Crippen LogP contribution in [0.5, 0.6) is 0 Å². The second-order valence-electron chi connectivity index (χ2n) is 8.36. The van der Waals surface area contributed by atoms with Crippen LogP contribution in [0.15, 0.2) is 0 Å². The molecule has 0 aromatic rings. The van der Waals surface area contributed by atoms with Gasteiger partial charge in [0.1, 0.15) is 11.1 Å². The van der Waals surface area contributed by atoms with Crippen LogP contribution in [0.3, 0.4) is 0 Å². The molecular weight excluding hydrogens is 282 g/mol. The Morgan fingerprint density at radius 2 is 1.73 bits per heavy atom. The van der Waals surface area contributed by atoms with Gasteiger partial charge in [-0.15, -0.1) is 0 Å². The van der Waals surface area contributed by atoms with Crippen molar-refractivity contribution in [2.75, 3.05) is 0 Å². The van der Waals surface area contributed by atoms with Crippen molar-refractivity contribution in [3.05, 3.63) is 0 Å². The standard InChI is InChI=1S/C16H31N3O3/c1-14(2,3)19-12(20)10-7-8-16(18,11(17)9-10)13(21)22-15(4,5)6/h10-11H,7-9,17-18H2,1-6H3,(H,19,20). The maximum Gasteiger partial charge on any atom is 0.328 e. The van der Waals surface area contributed by atoms with Crippen molar-refractivity contribution in [1.82, 2.24) is 5.32 Å². The Morgan fingerprint density at radius 3 is 2.14 bits per heavy atom. The first-order chi connectivity index (χ1) is 9.74. The van der Waals surface area contributed by atoms with Gasteiger partial charge in [0, 0.05) is 17.5 Å². The van der Waals surface area contributed by atoms with Gasteiger partial charge in [0.15, 0.2) is 0 Å². The predicted octanol–water partition coefficient (Wildman–Crippen LogP) is 1.07. The third-order valence-corrected chi connectivity index (χ3v) is 3.75. The summed E-state index contributed by atoms with van der Waals surface area (Å²) < 4.78 is 5.38. The molecule has 0 radical (unpaired) electrons. The number of carbonyl (C=O) groups is 2. The molecule has 0 bridgehead atoms. The maximum absolute atomic E-state index is 12.3. The highest BCUT2D eigenvalue weighted by Gasteiger charge is 2.48. The van der Waals surface area contributed by atoms with Crippen molar-refractivity contribution in [3.63, 3.8) is 0 Å². The van der Waals surface area contributed by atoms with Crippen LogP contribution < -0.4 is 16.8 Å². The highest BCUT2D eigenvalue weighted by Crippen LogP contribution is 2.32. The fraction of sp³-hybridized carbons (Fsp3) is 0.875. The van der Waals surface area contributed by atoms with Gasteiger partial charge in [-0.1, -0.05) is 0 Å². The van der Waals surface area contributed by atoms with Crippen LogP contribution in [-0.2, 0) is 14.3 Å². The van der Waals surface area contributed by atoms with Gasteiger partial charge in [0.25, 0.3) is 0 Å². The number of nitrogens with one attached hydrogen (secondary N) is 1. The smallest absolute Gasteiger partial charge is 0.328 e. The van der Waals surface area contributed by atoms with Gasteiger partial charge in [0.2, 0.25) is 5.91 Å². The minimum atomic E-state index is -1.22. The molecule has 6 heteroatoms. The molecule has 1 fully saturated rings. The summed E-state index contributed by atoms with van der Waals surface area (Å²) in [6, 6.07) is -0.591. The Bertz CT molecular complexity index is 437. The molecule has 3 unspecified atom stereocenters. The quantitative estimate of drug-likeness (QED) is 0.661. The number of esters is 1. The first kappa shape index (κ1) is 18.9. The van der Waals surface area contributed by atoms with Crippen molar-refractivity contribution in [2.45, 2.75) is 83.5 Å². The van der Waals surface area contributed by atoms with Crippen LogP contribution in [0.25, 0.3) is 0 Å². The Labute approximate surface area is 133 Å². The Balaban J connectivity index is 2.73. The molecule has 0 aliphatic heterocycles. The molecule has 6 nitrogen and oxygen atoms in total. The van der Waals surface area contributed by atoms with Crippen LogP contribution >= 0.6 is 0 Å². The zero-order chi connectivity index (χ0) is 17.3.